The van der Waals surface area contributed by atoms with Gasteiger partial charge in [-0.2, -0.15) is 4.31 Å². The lowest BCUT2D eigenvalue weighted by Gasteiger charge is -2.48. The first-order valence-electron chi connectivity index (χ1n) is 14.7. The molecule has 0 bridgehead atoms. The zero-order valence-electron chi connectivity index (χ0n) is 26.1. The second-order valence-electron chi connectivity index (χ2n) is 11.4. The smallest absolute Gasteiger partial charge is 0.324 e. The second-order valence-corrected chi connectivity index (χ2v) is 13.3. The fourth-order valence-corrected chi connectivity index (χ4v) is 6.53. The number of rotatable bonds is 13. The number of benzene rings is 3. The molecule has 1 unspecified atom stereocenters. The molecule has 248 valence electrons. The number of carbonyl (C=O) groups is 3. The van der Waals surface area contributed by atoms with Crippen molar-refractivity contribution in [2.75, 3.05) is 13.1 Å². The van der Waals surface area contributed by atoms with Gasteiger partial charge in [-0.25, -0.2) is 12.8 Å². The molecule has 46 heavy (non-hydrogen) atoms. The van der Waals surface area contributed by atoms with E-state index in [1.54, 1.807) is 69.3 Å². The summed E-state index contributed by atoms with van der Waals surface area (Å²) in [6.45, 7) is 6.68. The molecule has 1 heterocycles. The van der Waals surface area contributed by atoms with Gasteiger partial charge in [0.15, 0.2) is 17.5 Å². The van der Waals surface area contributed by atoms with Crippen molar-refractivity contribution in [3.8, 4) is 5.75 Å². The second kappa shape index (κ2) is 15.2. The zero-order chi connectivity index (χ0) is 32.9. The largest absolute Gasteiger partial charge is 0.480 e. The number of halogens is 2. The lowest BCUT2D eigenvalue weighted by atomic mass is 9.87. The highest BCUT2D eigenvalue weighted by Crippen LogP contribution is 2.40. The third kappa shape index (κ3) is 8.49. The summed E-state index contributed by atoms with van der Waals surface area (Å²) in [6.07, 6.45) is -0.690. The number of nitrogens with two attached hydrogens (primary N) is 1. The van der Waals surface area contributed by atoms with Crippen LogP contribution in [0, 0.1) is 5.82 Å². The van der Waals surface area contributed by atoms with Crippen LogP contribution in [0.5, 0.6) is 5.75 Å². The van der Waals surface area contributed by atoms with Crippen LogP contribution in [0.3, 0.4) is 0 Å². The number of ether oxygens (including phenoxy) is 2. The quantitative estimate of drug-likeness (QED) is 0.203. The first kappa shape index (κ1) is 36.6. The van der Waals surface area contributed by atoms with E-state index in [0.29, 0.717) is 28.9 Å². The first-order chi connectivity index (χ1) is 21.2. The Morgan fingerprint density at radius 3 is 2.22 bits per heavy atom. The minimum Gasteiger partial charge on any atom is -0.480 e. The van der Waals surface area contributed by atoms with Crippen molar-refractivity contribution in [2.45, 2.75) is 69.2 Å². The summed E-state index contributed by atoms with van der Waals surface area (Å²) in [5, 5.41) is 2.66. The Labute approximate surface area is 274 Å². The predicted octanol–water partition coefficient (Wildman–Crippen LogP) is 4.15. The van der Waals surface area contributed by atoms with Crippen molar-refractivity contribution in [3.05, 3.63) is 95.3 Å². The molecule has 1 aliphatic heterocycles. The van der Waals surface area contributed by atoms with Crippen LogP contribution in [0.4, 0.5) is 4.39 Å². The number of nitrogens with one attached hydrogen (secondary N) is 1. The Bertz CT molecular complexity index is 1640. The van der Waals surface area contributed by atoms with Crippen LogP contribution in [-0.2, 0) is 36.4 Å². The number of ketones is 1. The molecule has 2 atom stereocenters. The monoisotopic (exact) mass is 675 g/mol. The van der Waals surface area contributed by atoms with E-state index >= 15 is 0 Å². The van der Waals surface area contributed by atoms with Gasteiger partial charge in [0.05, 0.1) is 18.0 Å². The molecule has 0 saturated carbocycles. The number of amides is 1. The molecule has 0 spiro atoms. The van der Waals surface area contributed by atoms with Crippen LogP contribution >= 0.6 is 12.4 Å². The standard InChI is InChI=1S/C33H38FN3O7S.ClH/c1-5-30(38)24-9-15-27(16-10-24)44-33(25-11-13-26(34)14-12-25)19-37(20-33)45(41,42)28-8-6-7-23(17-28)18-29(35)32(40)43-22(4)31(39)36-21(2)3;/h6-17,21-22,29H,5,18-20,35H2,1-4H3,(H,36,39);1H/t22?,29-;/m0./s1. The van der Waals surface area contributed by atoms with Gasteiger partial charge in [0.25, 0.3) is 5.91 Å². The summed E-state index contributed by atoms with van der Waals surface area (Å²) in [6, 6.07) is 17.2. The normalized spacial score (nSPS) is 15.5. The summed E-state index contributed by atoms with van der Waals surface area (Å²) in [7, 11) is -4.00. The van der Waals surface area contributed by atoms with E-state index in [9.17, 15) is 27.2 Å². The van der Waals surface area contributed by atoms with Crippen molar-refractivity contribution in [2.24, 2.45) is 5.73 Å². The van der Waals surface area contributed by atoms with Gasteiger partial charge in [-0.1, -0.05) is 31.2 Å². The van der Waals surface area contributed by atoms with E-state index in [-0.39, 0.29) is 48.6 Å². The summed E-state index contributed by atoms with van der Waals surface area (Å²) in [5.41, 5.74) is 6.57. The van der Waals surface area contributed by atoms with E-state index in [0.717, 1.165) is 0 Å². The summed E-state index contributed by atoms with van der Waals surface area (Å²) in [5.74, 6) is -1.25. The minimum atomic E-state index is -4.00. The van der Waals surface area contributed by atoms with Crippen molar-refractivity contribution in [1.29, 1.82) is 0 Å². The molecule has 0 aliphatic carbocycles. The fraction of sp³-hybridized carbons (Fsp3) is 0.364. The van der Waals surface area contributed by atoms with Gasteiger partial charge < -0.3 is 20.5 Å². The van der Waals surface area contributed by atoms with Crippen molar-refractivity contribution < 1.29 is 36.7 Å². The van der Waals surface area contributed by atoms with Crippen LogP contribution in [-0.4, -0.2) is 61.7 Å². The average Bonchev–Trinajstić information content (AvgIpc) is 2.98. The number of esters is 1. The van der Waals surface area contributed by atoms with Crippen LogP contribution < -0.4 is 15.8 Å². The lowest BCUT2D eigenvalue weighted by Crippen LogP contribution is -2.64. The van der Waals surface area contributed by atoms with E-state index in [1.165, 1.54) is 35.5 Å². The third-order valence-corrected chi connectivity index (χ3v) is 9.22. The van der Waals surface area contributed by atoms with Crippen molar-refractivity contribution in [3.63, 3.8) is 0 Å². The molecule has 1 fully saturated rings. The Morgan fingerprint density at radius 1 is 1.00 bits per heavy atom. The van der Waals surface area contributed by atoms with Gasteiger partial charge in [-0.3, -0.25) is 14.4 Å². The molecule has 1 saturated heterocycles. The number of Topliss-reactive ketones (excluding diaryl/α,β-unsaturated/α-hetero) is 1. The Hall–Kier alpha value is -3.84. The zero-order valence-corrected chi connectivity index (χ0v) is 27.7. The molecule has 4 rings (SSSR count). The topological polar surface area (TPSA) is 145 Å². The molecular weight excluding hydrogens is 637 g/mol. The molecule has 0 aromatic heterocycles. The predicted molar refractivity (Wildman–Crippen MR) is 173 cm³/mol. The maximum atomic E-state index is 13.8. The maximum Gasteiger partial charge on any atom is 0.324 e. The Kier molecular flexibility index (Phi) is 12.1. The number of sulfonamides is 1. The molecule has 13 heteroatoms. The van der Waals surface area contributed by atoms with Gasteiger partial charge in [-0.05, 0) is 86.8 Å². The highest BCUT2D eigenvalue weighted by atomic mass is 35.5. The Balaban J connectivity index is 0.00000576. The molecule has 0 radical (unpaired) electrons. The van der Waals surface area contributed by atoms with Crippen LogP contribution in [0.1, 0.15) is 55.6 Å². The molecule has 3 aromatic carbocycles. The molecule has 3 N–H and O–H groups in total. The van der Waals surface area contributed by atoms with Gasteiger partial charge >= 0.3 is 5.97 Å². The lowest BCUT2D eigenvalue weighted by molar-refractivity contribution is -0.156. The van der Waals surface area contributed by atoms with E-state index < -0.39 is 45.5 Å². The summed E-state index contributed by atoms with van der Waals surface area (Å²) < 4.78 is 53.9. The van der Waals surface area contributed by atoms with Gasteiger partial charge in [0, 0.05) is 18.0 Å². The number of nitrogens with zero attached hydrogens (tertiary/aromatic N) is 1. The summed E-state index contributed by atoms with van der Waals surface area (Å²) in [4.78, 5) is 36.7. The molecular formula is C33H39ClFN3O7S. The van der Waals surface area contributed by atoms with E-state index in [1.807, 2.05) is 0 Å². The number of carbonyl (C=O) groups excluding carboxylic acids is 3. The summed E-state index contributed by atoms with van der Waals surface area (Å²) >= 11 is 0. The molecule has 1 aliphatic rings. The van der Waals surface area contributed by atoms with Crippen LogP contribution in [0.15, 0.2) is 77.7 Å². The highest BCUT2D eigenvalue weighted by molar-refractivity contribution is 7.89. The fourth-order valence-electron chi connectivity index (χ4n) is 4.93. The van der Waals surface area contributed by atoms with Gasteiger partial charge in [-0.15, -0.1) is 12.4 Å². The maximum absolute atomic E-state index is 13.8. The van der Waals surface area contributed by atoms with Gasteiger partial charge in [0.2, 0.25) is 10.0 Å². The van der Waals surface area contributed by atoms with Crippen molar-refractivity contribution in [1.82, 2.24) is 9.62 Å². The number of hydrogen-bond donors (Lipinski definition) is 2. The minimum absolute atomic E-state index is 0. The Morgan fingerprint density at radius 2 is 1.63 bits per heavy atom. The highest BCUT2D eigenvalue weighted by Gasteiger charge is 2.52. The molecule has 1 amide bonds. The van der Waals surface area contributed by atoms with Crippen LogP contribution in [0.25, 0.3) is 0 Å². The molecule has 3 aromatic rings. The van der Waals surface area contributed by atoms with Crippen molar-refractivity contribution >= 4 is 40.1 Å². The molecule has 10 nitrogen and oxygen atoms in total. The third-order valence-electron chi connectivity index (χ3n) is 7.43. The number of hydrogen-bond acceptors (Lipinski definition) is 8. The van der Waals surface area contributed by atoms with Crippen LogP contribution in [0.2, 0.25) is 0 Å². The van der Waals surface area contributed by atoms with E-state index in [4.69, 9.17) is 15.2 Å². The SMILES string of the molecule is CCC(=O)c1ccc(OC2(c3ccc(F)cc3)CN(S(=O)(=O)c3cccc(C[C@H](N)C(=O)OC(C)C(=O)NC(C)C)c3)C2)cc1.Cl. The van der Waals surface area contributed by atoms with Gasteiger partial charge in [0.1, 0.15) is 17.6 Å². The average molecular weight is 676 g/mol. The van der Waals surface area contributed by atoms with E-state index in [2.05, 4.69) is 5.32 Å². The first-order valence-corrected chi connectivity index (χ1v) is 16.1.